The summed E-state index contributed by atoms with van der Waals surface area (Å²) < 4.78 is 1.98. The zero-order valence-electron chi connectivity index (χ0n) is 12.3. The molecule has 0 saturated heterocycles. The molecule has 0 bridgehead atoms. The summed E-state index contributed by atoms with van der Waals surface area (Å²) in [6, 6.07) is 9.14. The number of fused-ring (bicyclic) bond motifs is 1. The first-order valence-electron chi connectivity index (χ1n) is 7.44. The predicted molar refractivity (Wildman–Crippen MR) is 87.1 cm³/mol. The van der Waals surface area contributed by atoms with Crippen LogP contribution in [0.1, 0.15) is 31.4 Å². The molecule has 0 amide bonds. The molecule has 1 N–H and O–H groups in total. The van der Waals surface area contributed by atoms with Crippen LogP contribution in [0.3, 0.4) is 0 Å². The molecule has 0 aliphatic heterocycles. The van der Waals surface area contributed by atoms with Crippen LogP contribution in [0.4, 0.5) is 0 Å². The van der Waals surface area contributed by atoms with Crippen LogP contribution >= 0.6 is 11.8 Å². The fraction of sp³-hybridized carbons (Fsp3) is 0.562. The van der Waals surface area contributed by atoms with E-state index in [-0.39, 0.29) is 0 Å². The van der Waals surface area contributed by atoms with E-state index in [0.717, 1.165) is 11.8 Å². The van der Waals surface area contributed by atoms with E-state index in [2.05, 4.69) is 40.9 Å². The van der Waals surface area contributed by atoms with Crippen molar-refractivity contribution in [3.8, 4) is 0 Å². The van der Waals surface area contributed by atoms with E-state index in [1.807, 2.05) is 23.5 Å². The first kappa shape index (κ1) is 14.0. The minimum atomic E-state index is 0.666. The van der Waals surface area contributed by atoms with Crippen LogP contribution in [0.5, 0.6) is 0 Å². The summed E-state index contributed by atoms with van der Waals surface area (Å²) in [6.07, 6.45) is 7.54. The molecule has 1 saturated carbocycles. The summed E-state index contributed by atoms with van der Waals surface area (Å²) in [5.41, 5.74) is 2.39. The van der Waals surface area contributed by atoms with Crippen molar-refractivity contribution >= 4 is 22.7 Å². The van der Waals surface area contributed by atoms with Gasteiger partial charge in [0.05, 0.1) is 11.2 Å². The van der Waals surface area contributed by atoms with Gasteiger partial charge in [-0.05, 0) is 38.0 Å². The van der Waals surface area contributed by atoms with Gasteiger partial charge in [0, 0.05) is 30.3 Å². The van der Waals surface area contributed by atoms with Crippen molar-refractivity contribution in [1.82, 2.24) is 15.1 Å². The van der Waals surface area contributed by atoms with E-state index in [0.29, 0.717) is 6.04 Å². The molecular formula is C16H23N3S. The molecule has 20 heavy (non-hydrogen) atoms. The van der Waals surface area contributed by atoms with Gasteiger partial charge in [-0.25, -0.2) is 0 Å². The second-order valence-corrected chi connectivity index (χ2v) is 6.82. The Balaban J connectivity index is 1.63. The minimum Gasteiger partial charge on any atom is -0.308 e. The first-order chi connectivity index (χ1) is 9.78. The summed E-state index contributed by atoms with van der Waals surface area (Å²) in [4.78, 5) is 0. The number of hydrogen-bond donors (Lipinski definition) is 1. The Morgan fingerprint density at radius 2 is 2.00 bits per heavy atom. The van der Waals surface area contributed by atoms with Crippen LogP contribution < -0.4 is 5.32 Å². The molecular weight excluding hydrogens is 266 g/mol. The highest BCUT2D eigenvalue weighted by Crippen LogP contribution is 2.27. The largest absolute Gasteiger partial charge is 0.308 e. The molecule has 0 atom stereocenters. The second-order valence-electron chi connectivity index (χ2n) is 5.68. The van der Waals surface area contributed by atoms with Crippen molar-refractivity contribution in [2.75, 3.05) is 6.26 Å². The van der Waals surface area contributed by atoms with Crippen molar-refractivity contribution in [3.05, 3.63) is 30.0 Å². The normalized spacial score (nSPS) is 23.3. The summed E-state index contributed by atoms with van der Waals surface area (Å²) in [5, 5.41) is 10.5. The van der Waals surface area contributed by atoms with Gasteiger partial charge in [0.25, 0.3) is 0 Å². The van der Waals surface area contributed by atoms with Gasteiger partial charge in [0.15, 0.2) is 0 Å². The van der Waals surface area contributed by atoms with Crippen molar-refractivity contribution in [1.29, 1.82) is 0 Å². The number of nitrogens with zero attached hydrogens (tertiary/aromatic N) is 2. The number of nitrogens with one attached hydrogen (secondary N) is 1. The summed E-state index contributed by atoms with van der Waals surface area (Å²) in [7, 11) is 2.02. The molecule has 0 unspecified atom stereocenters. The van der Waals surface area contributed by atoms with E-state index in [9.17, 15) is 0 Å². The Kier molecular flexibility index (Phi) is 4.32. The van der Waals surface area contributed by atoms with Crippen molar-refractivity contribution in [2.45, 2.75) is 43.5 Å². The lowest BCUT2D eigenvalue weighted by Gasteiger charge is -2.27. The van der Waals surface area contributed by atoms with Crippen LogP contribution in [-0.2, 0) is 13.6 Å². The van der Waals surface area contributed by atoms with E-state index >= 15 is 0 Å². The first-order valence-corrected chi connectivity index (χ1v) is 8.73. The van der Waals surface area contributed by atoms with Gasteiger partial charge in [-0.2, -0.15) is 16.9 Å². The van der Waals surface area contributed by atoms with E-state index in [1.165, 1.54) is 42.3 Å². The second kappa shape index (κ2) is 6.19. The smallest absolute Gasteiger partial charge is 0.0841 e. The van der Waals surface area contributed by atoms with Gasteiger partial charge in [0.2, 0.25) is 0 Å². The summed E-state index contributed by atoms with van der Waals surface area (Å²) in [6.45, 7) is 0.885. The van der Waals surface area contributed by atoms with Gasteiger partial charge in [-0.15, -0.1) is 0 Å². The summed E-state index contributed by atoms with van der Waals surface area (Å²) in [5.74, 6) is 0. The number of hydrogen-bond acceptors (Lipinski definition) is 3. The highest BCUT2D eigenvalue weighted by atomic mass is 32.2. The Morgan fingerprint density at radius 3 is 2.75 bits per heavy atom. The maximum Gasteiger partial charge on any atom is 0.0841 e. The molecule has 1 aromatic heterocycles. The fourth-order valence-electron chi connectivity index (χ4n) is 3.16. The maximum atomic E-state index is 4.66. The van der Waals surface area contributed by atoms with Crippen molar-refractivity contribution < 1.29 is 0 Å². The highest BCUT2D eigenvalue weighted by molar-refractivity contribution is 7.99. The van der Waals surface area contributed by atoms with E-state index < -0.39 is 0 Å². The molecule has 108 valence electrons. The lowest BCUT2D eigenvalue weighted by molar-refractivity contribution is 0.377. The number of benzene rings is 1. The van der Waals surface area contributed by atoms with Gasteiger partial charge in [-0.3, -0.25) is 4.68 Å². The number of thioether (sulfide) groups is 1. The van der Waals surface area contributed by atoms with Gasteiger partial charge < -0.3 is 5.32 Å². The average molecular weight is 289 g/mol. The predicted octanol–water partition coefficient (Wildman–Crippen LogP) is 3.34. The number of rotatable bonds is 4. The van der Waals surface area contributed by atoms with Crippen LogP contribution in [0.15, 0.2) is 24.3 Å². The molecule has 0 radical (unpaired) electrons. The minimum absolute atomic E-state index is 0.666. The average Bonchev–Trinajstić information content (AvgIpc) is 2.83. The van der Waals surface area contributed by atoms with Gasteiger partial charge >= 0.3 is 0 Å². The molecule has 1 aliphatic rings. The number of aromatic nitrogens is 2. The maximum absolute atomic E-state index is 4.66. The topological polar surface area (TPSA) is 29.9 Å². The zero-order valence-corrected chi connectivity index (χ0v) is 13.1. The van der Waals surface area contributed by atoms with E-state index in [1.54, 1.807) is 0 Å². The monoisotopic (exact) mass is 289 g/mol. The third-order valence-corrected chi connectivity index (χ3v) is 5.54. The molecule has 0 spiro atoms. The standard InChI is InChI=1S/C16H23N3S/c1-19-16-6-4-3-5-14(16)15(18-19)11-17-12-7-9-13(20-2)10-8-12/h3-6,12-13,17H,7-11H2,1-2H3. The fourth-order valence-corrected chi connectivity index (χ4v) is 3.91. The molecule has 3 nitrogen and oxygen atoms in total. The lowest BCUT2D eigenvalue weighted by atomic mass is 9.95. The lowest BCUT2D eigenvalue weighted by Crippen LogP contribution is -2.33. The van der Waals surface area contributed by atoms with Crippen LogP contribution in [-0.4, -0.2) is 27.3 Å². The summed E-state index contributed by atoms with van der Waals surface area (Å²) >= 11 is 2.02. The Hall–Kier alpha value is -1.00. The molecule has 2 aromatic rings. The number of para-hydroxylation sites is 1. The molecule has 1 aromatic carbocycles. The van der Waals surface area contributed by atoms with Crippen LogP contribution in [0, 0.1) is 0 Å². The third kappa shape index (κ3) is 2.86. The van der Waals surface area contributed by atoms with Gasteiger partial charge in [-0.1, -0.05) is 18.2 Å². The Morgan fingerprint density at radius 1 is 1.25 bits per heavy atom. The van der Waals surface area contributed by atoms with Crippen LogP contribution in [0.2, 0.25) is 0 Å². The molecule has 3 rings (SSSR count). The molecule has 1 heterocycles. The highest BCUT2D eigenvalue weighted by Gasteiger charge is 2.20. The zero-order chi connectivity index (χ0) is 13.9. The SMILES string of the molecule is CSC1CCC(NCc2nn(C)c3ccccc23)CC1. The Labute approximate surface area is 125 Å². The molecule has 4 heteroatoms. The van der Waals surface area contributed by atoms with Crippen LogP contribution in [0.25, 0.3) is 10.9 Å². The van der Waals surface area contributed by atoms with Gasteiger partial charge in [0.1, 0.15) is 0 Å². The third-order valence-electron chi connectivity index (χ3n) is 4.40. The quantitative estimate of drug-likeness (QED) is 0.936. The number of aryl methyl sites for hydroxylation is 1. The molecule has 1 fully saturated rings. The van der Waals surface area contributed by atoms with Crippen molar-refractivity contribution in [2.24, 2.45) is 7.05 Å². The Bertz CT molecular complexity index is 570. The van der Waals surface area contributed by atoms with Crippen molar-refractivity contribution in [3.63, 3.8) is 0 Å². The molecule has 1 aliphatic carbocycles. The van der Waals surface area contributed by atoms with E-state index in [4.69, 9.17) is 0 Å².